The smallest absolute Gasteiger partial charge is 0.0869 e. The Kier molecular flexibility index (Phi) is 6.00. The average molecular weight is 374 g/mol. The molecule has 1 heterocycles. The van der Waals surface area contributed by atoms with Crippen LogP contribution in [0.1, 0.15) is 33.6 Å². The van der Waals surface area contributed by atoms with Gasteiger partial charge in [0.25, 0.3) is 0 Å². The number of hydrogen-bond acceptors (Lipinski definition) is 7. The van der Waals surface area contributed by atoms with Crippen molar-refractivity contribution in [3.63, 3.8) is 0 Å². The standard InChI is InChI=1S/C19H34O7/c1-7-4-10(5-12(21)14(7)22)19-16(24)8(2)13-17(25)11(6-20)15(23)9(3)18(13)26-19/h7-25H,4-6H2,1-3H3. The Morgan fingerprint density at radius 1 is 0.769 bits per heavy atom. The molecule has 2 saturated carbocycles. The summed E-state index contributed by atoms with van der Waals surface area (Å²) in [6, 6.07) is 0. The third-order valence-corrected chi connectivity index (χ3v) is 7.38. The second-order valence-electron chi connectivity index (χ2n) is 8.95. The molecule has 7 nitrogen and oxygen atoms in total. The highest BCUT2D eigenvalue weighted by Gasteiger charge is 2.57. The molecule has 6 N–H and O–H groups in total. The van der Waals surface area contributed by atoms with Crippen molar-refractivity contribution in [3.05, 3.63) is 0 Å². The molecule has 2 aliphatic carbocycles. The first-order valence-electron chi connectivity index (χ1n) is 9.85. The third-order valence-electron chi connectivity index (χ3n) is 7.38. The number of hydrogen-bond donors (Lipinski definition) is 6. The maximum atomic E-state index is 10.9. The molecule has 0 aromatic rings. The van der Waals surface area contributed by atoms with Gasteiger partial charge in [-0.1, -0.05) is 20.8 Å². The van der Waals surface area contributed by atoms with E-state index in [9.17, 15) is 30.6 Å². The summed E-state index contributed by atoms with van der Waals surface area (Å²) in [5, 5.41) is 61.7. The lowest BCUT2D eigenvalue weighted by atomic mass is 9.61. The number of ether oxygens (including phenoxy) is 1. The van der Waals surface area contributed by atoms with Crippen molar-refractivity contribution < 1.29 is 35.4 Å². The molecule has 1 aliphatic heterocycles. The molecule has 0 aromatic heterocycles. The molecule has 0 amide bonds. The summed E-state index contributed by atoms with van der Waals surface area (Å²) < 4.78 is 6.25. The van der Waals surface area contributed by atoms with Crippen molar-refractivity contribution in [1.82, 2.24) is 0 Å². The van der Waals surface area contributed by atoms with Crippen LogP contribution in [0.5, 0.6) is 0 Å². The summed E-state index contributed by atoms with van der Waals surface area (Å²) in [5.74, 6) is -1.75. The maximum absolute atomic E-state index is 10.9. The number of fused-ring (bicyclic) bond motifs is 1. The van der Waals surface area contributed by atoms with Gasteiger partial charge < -0.3 is 35.4 Å². The van der Waals surface area contributed by atoms with Gasteiger partial charge in [-0.15, -0.1) is 0 Å². The van der Waals surface area contributed by atoms with Crippen LogP contribution in [0.2, 0.25) is 0 Å². The predicted octanol–water partition coefficient (Wildman–Crippen LogP) is -0.885. The molecule has 3 fully saturated rings. The molecule has 13 atom stereocenters. The van der Waals surface area contributed by atoms with Crippen LogP contribution in [0, 0.1) is 35.5 Å². The third kappa shape index (κ3) is 3.21. The Morgan fingerprint density at radius 2 is 1.42 bits per heavy atom. The van der Waals surface area contributed by atoms with E-state index in [0.717, 1.165) is 0 Å². The highest BCUT2D eigenvalue weighted by Crippen LogP contribution is 2.47. The molecule has 0 bridgehead atoms. The van der Waals surface area contributed by atoms with E-state index in [4.69, 9.17) is 4.74 Å². The van der Waals surface area contributed by atoms with E-state index >= 15 is 0 Å². The fraction of sp³-hybridized carbons (Fsp3) is 1.00. The SMILES string of the molecule is CC1CC(C2OC3C(C)C(O)C(CO)C(O)C3C(C)C2O)CC(O)C1O. The Bertz CT molecular complexity index is 477. The highest BCUT2D eigenvalue weighted by molar-refractivity contribution is 5.05. The molecule has 0 aromatic carbocycles. The fourth-order valence-electron chi connectivity index (χ4n) is 5.65. The van der Waals surface area contributed by atoms with E-state index < -0.39 is 48.6 Å². The Morgan fingerprint density at radius 3 is 2.00 bits per heavy atom. The molecule has 152 valence electrons. The lowest BCUT2D eigenvalue weighted by Gasteiger charge is -2.56. The summed E-state index contributed by atoms with van der Waals surface area (Å²) in [5.41, 5.74) is 0. The number of aliphatic hydroxyl groups excluding tert-OH is 6. The Balaban J connectivity index is 1.83. The molecule has 13 unspecified atom stereocenters. The minimum absolute atomic E-state index is 0.0914. The number of rotatable bonds is 2. The van der Waals surface area contributed by atoms with Gasteiger partial charge in [0.05, 0.1) is 49.3 Å². The molecule has 3 aliphatic rings. The van der Waals surface area contributed by atoms with Gasteiger partial charge in [0.2, 0.25) is 0 Å². The molecule has 0 radical (unpaired) electrons. The minimum Gasteiger partial charge on any atom is -0.396 e. The van der Waals surface area contributed by atoms with Crippen LogP contribution in [0.3, 0.4) is 0 Å². The zero-order chi connectivity index (χ0) is 19.3. The van der Waals surface area contributed by atoms with Crippen molar-refractivity contribution in [1.29, 1.82) is 0 Å². The lowest BCUT2D eigenvalue weighted by molar-refractivity contribution is -0.269. The van der Waals surface area contributed by atoms with E-state index in [2.05, 4.69) is 0 Å². The van der Waals surface area contributed by atoms with Crippen LogP contribution in [0.4, 0.5) is 0 Å². The van der Waals surface area contributed by atoms with Gasteiger partial charge in [-0.05, 0) is 30.6 Å². The normalized spacial score (nSPS) is 58.3. The van der Waals surface area contributed by atoms with Crippen molar-refractivity contribution in [2.24, 2.45) is 35.5 Å². The van der Waals surface area contributed by atoms with Gasteiger partial charge in [-0.25, -0.2) is 0 Å². The first-order valence-corrected chi connectivity index (χ1v) is 9.85. The zero-order valence-electron chi connectivity index (χ0n) is 15.7. The topological polar surface area (TPSA) is 131 Å². The first-order chi connectivity index (χ1) is 12.2. The lowest BCUT2D eigenvalue weighted by Crippen LogP contribution is -2.65. The van der Waals surface area contributed by atoms with Crippen LogP contribution < -0.4 is 0 Å². The van der Waals surface area contributed by atoms with Gasteiger partial charge in [-0.2, -0.15) is 0 Å². The van der Waals surface area contributed by atoms with Crippen LogP contribution in [-0.2, 0) is 4.74 Å². The van der Waals surface area contributed by atoms with Gasteiger partial charge in [0.15, 0.2) is 0 Å². The highest BCUT2D eigenvalue weighted by atomic mass is 16.5. The summed E-state index contributed by atoms with van der Waals surface area (Å²) >= 11 is 0. The minimum atomic E-state index is -0.945. The van der Waals surface area contributed by atoms with Gasteiger partial charge >= 0.3 is 0 Å². The predicted molar refractivity (Wildman–Crippen MR) is 93.0 cm³/mol. The Labute approximate surface area is 154 Å². The van der Waals surface area contributed by atoms with Crippen molar-refractivity contribution in [3.8, 4) is 0 Å². The van der Waals surface area contributed by atoms with Crippen LogP contribution >= 0.6 is 0 Å². The maximum Gasteiger partial charge on any atom is 0.0869 e. The van der Waals surface area contributed by atoms with Crippen LogP contribution in [0.25, 0.3) is 0 Å². The van der Waals surface area contributed by atoms with Crippen LogP contribution in [0.15, 0.2) is 0 Å². The molecular formula is C19H34O7. The second kappa shape index (κ2) is 7.62. The molecular weight excluding hydrogens is 340 g/mol. The molecule has 3 rings (SSSR count). The van der Waals surface area contributed by atoms with E-state index in [1.165, 1.54) is 0 Å². The van der Waals surface area contributed by atoms with Crippen molar-refractivity contribution in [2.75, 3.05) is 6.61 Å². The molecule has 7 heteroatoms. The molecule has 1 saturated heterocycles. The molecule has 26 heavy (non-hydrogen) atoms. The van der Waals surface area contributed by atoms with Gasteiger partial charge in [-0.3, -0.25) is 0 Å². The van der Waals surface area contributed by atoms with E-state index in [-0.39, 0.29) is 36.2 Å². The fourth-order valence-corrected chi connectivity index (χ4v) is 5.65. The quantitative estimate of drug-likeness (QED) is 0.370. The first kappa shape index (κ1) is 20.5. The van der Waals surface area contributed by atoms with E-state index in [1.54, 1.807) is 0 Å². The number of aliphatic hydroxyl groups is 6. The Hall–Kier alpha value is -0.280. The van der Waals surface area contributed by atoms with Crippen LogP contribution in [-0.4, -0.2) is 80.0 Å². The van der Waals surface area contributed by atoms with Crippen molar-refractivity contribution in [2.45, 2.75) is 76.3 Å². The summed E-state index contributed by atoms with van der Waals surface area (Å²) in [6.07, 6.45) is -4.18. The van der Waals surface area contributed by atoms with E-state index in [1.807, 2.05) is 20.8 Å². The zero-order valence-corrected chi connectivity index (χ0v) is 15.7. The van der Waals surface area contributed by atoms with Crippen molar-refractivity contribution >= 4 is 0 Å². The second-order valence-corrected chi connectivity index (χ2v) is 8.95. The summed E-state index contributed by atoms with van der Waals surface area (Å²) in [7, 11) is 0. The van der Waals surface area contributed by atoms with Gasteiger partial charge in [0, 0.05) is 17.8 Å². The molecule has 0 spiro atoms. The summed E-state index contributed by atoms with van der Waals surface area (Å²) in [6.45, 7) is 5.29. The van der Waals surface area contributed by atoms with Gasteiger partial charge in [0.1, 0.15) is 0 Å². The monoisotopic (exact) mass is 374 g/mol. The largest absolute Gasteiger partial charge is 0.396 e. The summed E-state index contributed by atoms with van der Waals surface area (Å²) in [4.78, 5) is 0. The van der Waals surface area contributed by atoms with E-state index in [0.29, 0.717) is 12.8 Å². The average Bonchev–Trinajstić information content (AvgIpc) is 2.60.